The summed E-state index contributed by atoms with van der Waals surface area (Å²) in [4.78, 5) is 16.3. The SMILES string of the molecule is Cc1cc(C)c(C#N)c(SC[C@]23CCCC[C@H]2CC(=O)O3)n1. The molecule has 0 bridgehead atoms. The van der Waals surface area contributed by atoms with Crippen LogP contribution in [0.4, 0.5) is 0 Å². The second-order valence-electron chi connectivity index (χ2n) is 6.35. The van der Waals surface area contributed by atoms with Crippen molar-refractivity contribution in [1.82, 2.24) is 4.98 Å². The van der Waals surface area contributed by atoms with E-state index >= 15 is 0 Å². The topological polar surface area (TPSA) is 63.0 Å². The van der Waals surface area contributed by atoms with Gasteiger partial charge in [-0.05, 0) is 44.7 Å². The Morgan fingerprint density at radius 3 is 3.09 bits per heavy atom. The number of thioether (sulfide) groups is 1. The number of aryl methyl sites for hydroxylation is 2. The van der Waals surface area contributed by atoms with Crippen LogP contribution >= 0.6 is 11.8 Å². The van der Waals surface area contributed by atoms with Gasteiger partial charge in [-0.25, -0.2) is 4.98 Å². The van der Waals surface area contributed by atoms with Crippen LogP contribution in [0, 0.1) is 31.1 Å². The van der Waals surface area contributed by atoms with Gasteiger partial charge in [0.15, 0.2) is 0 Å². The van der Waals surface area contributed by atoms with Gasteiger partial charge in [-0.15, -0.1) is 11.8 Å². The van der Waals surface area contributed by atoms with Gasteiger partial charge < -0.3 is 4.74 Å². The third-order valence-corrected chi connectivity index (χ3v) is 5.96. The van der Waals surface area contributed by atoms with Gasteiger partial charge >= 0.3 is 5.97 Å². The normalized spacial score (nSPS) is 27.1. The Morgan fingerprint density at radius 2 is 2.32 bits per heavy atom. The predicted octanol–water partition coefficient (Wildman–Crippen LogP) is 3.54. The molecule has 0 unspecified atom stereocenters. The molecule has 2 fully saturated rings. The Morgan fingerprint density at radius 1 is 1.50 bits per heavy atom. The van der Waals surface area contributed by atoms with Crippen molar-refractivity contribution in [3.8, 4) is 6.07 Å². The molecule has 3 rings (SSSR count). The molecule has 116 valence electrons. The lowest BCUT2D eigenvalue weighted by Gasteiger charge is -2.36. The van der Waals surface area contributed by atoms with Gasteiger partial charge in [0.2, 0.25) is 0 Å². The molecule has 1 aromatic heterocycles. The first-order valence-electron chi connectivity index (χ1n) is 7.77. The Balaban J connectivity index is 1.83. The highest BCUT2D eigenvalue weighted by molar-refractivity contribution is 7.99. The van der Waals surface area contributed by atoms with E-state index in [0.717, 1.165) is 35.5 Å². The van der Waals surface area contributed by atoms with Crippen molar-refractivity contribution in [1.29, 1.82) is 5.26 Å². The fourth-order valence-corrected chi connectivity index (χ4v) is 5.01. The number of esters is 1. The maximum Gasteiger partial charge on any atom is 0.306 e. The molecule has 1 aromatic rings. The van der Waals surface area contributed by atoms with Crippen LogP contribution in [-0.4, -0.2) is 22.3 Å². The summed E-state index contributed by atoms with van der Waals surface area (Å²) in [5.41, 5.74) is 2.17. The summed E-state index contributed by atoms with van der Waals surface area (Å²) in [5, 5.41) is 10.1. The molecule has 2 aliphatic rings. The summed E-state index contributed by atoms with van der Waals surface area (Å²) < 4.78 is 5.74. The first-order valence-corrected chi connectivity index (χ1v) is 8.75. The number of carbonyl (C=O) groups excluding carboxylic acids is 1. The molecule has 1 aliphatic carbocycles. The molecule has 0 N–H and O–H groups in total. The molecule has 0 radical (unpaired) electrons. The van der Waals surface area contributed by atoms with E-state index in [1.807, 2.05) is 19.9 Å². The zero-order valence-corrected chi connectivity index (χ0v) is 13.8. The zero-order chi connectivity index (χ0) is 15.7. The van der Waals surface area contributed by atoms with Crippen LogP contribution in [0.15, 0.2) is 11.1 Å². The minimum absolute atomic E-state index is 0.0682. The molecule has 1 aliphatic heterocycles. The highest BCUT2D eigenvalue weighted by Crippen LogP contribution is 2.46. The van der Waals surface area contributed by atoms with Crippen LogP contribution < -0.4 is 0 Å². The molecule has 2 heterocycles. The van der Waals surface area contributed by atoms with Gasteiger partial charge in [0.1, 0.15) is 16.7 Å². The first kappa shape index (κ1) is 15.4. The molecular formula is C17H20N2O2S. The van der Waals surface area contributed by atoms with E-state index in [1.54, 1.807) is 11.8 Å². The lowest BCUT2D eigenvalue weighted by Crippen LogP contribution is -2.40. The Bertz CT molecular complexity index is 653. The smallest absolute Gasteiger partial charge is 0.306 e. The van der Waals surface area contributed by atoms with Crippen molar-refractivity contribution in [3.05, 3.63) is 22.9 Å². The number of nitrogens with zero attached hydrogens (tertiary/aromatic N) is 2. The summed E-state index contributed by atoms with van der Waals surface area (Å²) in [6, 6.07) is 4.18. The fraction of sp³-hybridized carbons (Fsp3) is 0.588. The van der Waals surface area contributed by atoms with E-state index in [1.165, 1.54) is 6.42 Å². The first-order chi connectivity index (χ1) is 10.5. The van der Waals surface area contributed by atoms with Gasteiger partial charge in [-0.3, -0.25) is 4.79 Å². The van der Waals surface area contributed by atoms with E-state index in [0.29, 0.717) is 23.7 Å². The van der Waals surface area contributed by atoms with E-state index in [2.05, 4.69) is 11.1 Å². The largest absolute Gasteiger partial charge is 0.458 e. The predicted molar refractivity (Wildman–Crippen MR) is 84.5 cm³/mol. The van der Waals surface area contributed by atoms with Crippen molar-refractivity contribution >= 4 is 17.7 Å². The number of ether oxygens (including phenoxy) is 1. The molecule has 0 amide bonds. The number of aromatic nitrogens is 1. The van der Waals surface area contributed by atoms with E-state index < -0.39 is 0 Å². The minimum Gasteiger partial charge on any atom is -0.458 e. The van der Waals surface area contributed by atoms with Crippen LogP contribution in [0.3, 0.4) is 0 Å². The van der Waals surface area contributed by atoms with E-state index in [-0.39, 0.29) is 11.6 Å². The van der Waals surface area contributed by atoms with Gasteiger partial charge in [0, 0.05) is 17.4 Å². The lowest BCUT2D eigenvalue weighted by molar-refractivity contribution is -0.148. The number of fused-ring (bicyclic) bond motifs is 1. The molecule has 2 atom stereocenters. The second-order valence-corrected chi connectivity index (χ2v) is 7.31. The van der Waals surface area contributed by atoms with Gasteiger partial charge in [-0.1, -0.05) is 6.42 Å². The van der Waals surface area contributed by atoms with Crippen molar-refractivity contribution in [2.45, 2.75) is 56.6 Å². The van der Waals surface area contributed by atoms with Gasteiger partial charge in [-0.2, -0.15) is 5.26 Å². The molecular weight excluding hydrogens is 296 g/mol. The molecule has 1 saturated carbocycles. The highest BCUT2D eigenvalue weighted by Gasteiger charge is 2.50. The Hall–Kier alpha value is -1.54. The van der Waals surface area contributed by atoms with Gasteiger partial charge in [0.05, 0.1) is 12.0 Å². The van der Waals surface area contributed by atoms with Crippen LogP contribution in [0.25, 0.3) is 0 Å². The minimum atomic E-state index is -0.341. The van der Waals surface area contributed by atoms with E-state index in [4.69, 9.17) is 4.74 Å². The average Bonchev–Trinajstić information content (AvgIpc) is 2.81. The van der Waals surface area contributed by atoms with Crippen LogP contribution in [0.2, 0.25) is 0 Å². The van der Waals surface area contributed by atoms with E-state index in [9.17, 15) is 10.1 Å². The summed E-state index contributed by atoms with van der Waals surface area (Å²) in [6.45, 7) is 3.88. The maximum atomic E-state index is 11.8. The average molecular weight is 316 g/mol. The summed E-state index contributed by atoms with van der Waals surface area (Å²) in [6.07, 6.45) is 4.83. The third-order valence-electron chi connectivity index (χ3n) is 4.75. The van der Waals surface area contributed by atoms with Crippen LogP contribution in [0.5, 0.6) is 0 Å². The van der Waals surface area contributed by atoms with Crippen molar-refractivity contribution in [2.75, 3.05) is 5.75 Å². The summed E-state index contributed by atoms with van der Waals surface area (Å²) in [5.74, 6) is 0.965. The highest BCUT2D eigenvalue weighted by atomic mass is 32.2. The molecule has 4 nitrogen and oxygen atoms in total. The molecule has 22 heavy (non-hydrogen) atoms. The van der Waals surface area contributed by atoms with Gasteiger partial charge in [0.25, 0.3) is 0 Å². The van der Waals surface area contributed by atoms with Crippen molar-refractivity contribution in [3.63, 3.8) is 0 Å². The number of hydrogen-bond acceptors (Lipinski definition) is 5. The molecule has 0 spiro atoms. The molecule has 1 saturated heterocycles. The van der Waals surface area contributed by atoms with Crippen LogP contribution in [-0.2, 0) is 9.53 Å². The Kier molecular flexibility index (Phi) is 4.14. The zero-order valence-electron chi connectivity index (χ0n) is 13.0. The van der Waals surface area contributed by atoms with Crippen LogP contribution in [0.1, 0.15) is 48.9 Å². The fourth-order valence-electron chi connectivity index (χ4n) is 3.63. The number of carbonyl (C=O) groups is 1. The number of rotatable bonds is 3. The third kappa shape index (κ3) is 2.72. The standard InChI is InChI=1S/C17H20N2O2S/c1-11-7-12(2)19-16(14(11)9-18)22-10-17-6-4-3-5-13(17)8-15(20)21-17/h7,13H,3-6,8,10H2,1-2H3/t13-,17+/m0/s1. The van der Waals surface area contributed by atoms with Crippen molar-refractivity contribution in [2.24, 2.45) is 5.92 Å². The number of nitriles is 1. The maximum absolute atomic E-state index is 11.8. The monoisotopic (exact) mass is 316 g/mol. The quantitative estimate of drug-likeness (QED) is 0.630. The molecule has 5 heteroatoms. The summed E-state index contributed by atoms with van der Waals surface area (Å²) >= 11 is 1.56. The lowest BCUT2D eigenvalue weighted by atomic mass is 9.76. The Labute approximate surface area is 135 Å². The number of hydrogen-bond donors (Lipinski definition) is 0. The van der Waals surface area contributed by atoms with Crippen molar-refractivity contribution < 1.29 is 9.53 Å². The number of pyridine rings is 1. The summed E-state index contributed by atoms with van der Waals surface area (Å²) in [7, 11) is 0. The second kappa shape index (κ2) is 5.92. The molecule has 0 aromatic carbocycles.